The molecule has 19 heavy (non-hydrogen) atoms. The van der Waals surface area contributed by atoms with Crippen molar-refractivity contribution in [3.8, 4) is 0 Å². The van der Waals surface area contributed by atoms with Gasteiger partial charge < -0.3 is 15.6 Å². The fourth-order valence-electron chi connectivity index (χ4n) is 1.88. The Morgan fingerprint density at radius 2 is 2.00 bits per heavy atom. The molecule has 0 radical (unpaired) electrons. The molecule has 2 aromatic rings. The van der Waals surface area contributed by atoms with Crippen molar-refractivity contribution in [2.75, 3.05) is 5.73 Å². The van der Waals surface area contributed by atoms with Gasteiger partial charge in [-0.2, -0.15) is 0 Å². The zero-order chi connectivity index (χ0) is 14.0. The van der Waals surface area contributed by atoms with E-state index in [4.69, 9.17) is 10.3 Å². The van der Waals surface area contributed by atoms with Crippen LogP contribution in [0.15, 0.2) is 22.7 Å². The Morgan fingerprint density at radius 3 is 2.63 bits per heavy atom. The van der Waals surface area contributed by atoms with E-state index in [2.05, 4.69) is 10.5 Å². The fourth-order valence-corrected chi connectivity index (χ4v) is 1.88. The van der Waals surface area contributed by atoms with Gasteiger partial charge in [-0.25, -0.2) is 0 Å². The molecule has 0 unspecified atom stereocenters. The number of nitrogens with two attached hydrogens (primary N) is 1. The van der Waals surface area contributed by atoms with Gasteiger partial charge in [0.1, 0.15) is 11.5 Å². The Bertz CT molecular complexity index is 617. The van der Waals surface area contributed by atoms with Crippen molar-refractivity contribution in [3.05, 3.63) is 46.3 Å². The molecule has 5 heteroatoms. The van der Waals surface area contributed by atoms with E-state index in [0.717, 1.165) is 16.9 Å². The van der Waals surface area contributed by atoms with Crippen LogP contribution in [0.25, 0.3) is 0 Å². The van der Waals surface area contributed by atoms with Gasteiger partial charge in [-0.1, -0.05) is 11.2 Å². The number of amides is 1. The molecule has 0 atom stereocenters. The standard InChI is InChI=1S/C14H17N3O2/c1-8-4-9(2)13(15)6-12(8)14(18)16-7-11-5-10(3)19-17-11/h4-6H,7,15H2,1-3H3,(H,16,18). The molecule has 1 aromatic carbocycles. The van der Waals surface area contributed by atoms with Crippen LogP contribution in [-0.4, -0.2) is 11.1 Å². The third-order valence-corrected chi connectivity index (χ3v) is 2.96. The highest BCUT2D eigenvalue weighted by Crippen LogP contribution is 2.17. The van der Waals surface area contributed by atoms with Gasteiger partial charge in [-0.05, 0) is 38.0 Å². The van der Waals surface area contributed by atoms with Crippen molar-refractivity contribution < 1.29 is 9.32 Å². The average Bonchev–Trinajstić information content (AvgIpc) is 2.77. The number of benzene rings is 1. The quantitative estimate of drug-likeness (QED) is 0.827. The summed E-state index contributed by atoms with van der Waals surface area (Å²) in [6.07, 6.45) is 0. The summed E-state index contributed by atoms with van der Waals surface area (Å²) in [6, 6.07) is 5.40. The first-order valence-electron chi connectivity index (χ1n) is 6.04. The first-order chi connectivity index (χ1) is 8.97. The van der Waals surface area contributed by atoms with Crippen LogP contribution in [0.1, 0.15) is 32.9 Å². The van der Waals surface area contributed by atoms with E-state index in [1.54, 1.807) is 12.1 Å². The number of nitrogens with zero attached hydrogens (tertiary/aromatic N) is 1. The molecule has 0 saturated heterocycles. The molecule has 0 bridgehead atoms. The van der Waals surface area contributed by atoms with Crippen molar-refractivity contribution in [3.63, 3.8) is 0 Å². The van der Waals surface area contributed by atoms with Crippen LogP contribution >= 0.6 is 0 Å². The molecule has 1 heterocycles. The van der Waals surface area contributed by atoms with Crippen molar-refractivity contribution >= 4 is 11.6 Å². The van der Waals surface area contributed by atoms with E-state index in [-0.39, 0.29) is 5.91 Å². The van der Waals surface area contributed by atoms with Gasteiger partial charge in [-0.15, -0.1) is 0 Å². The number of anilines is 1. The van der Waals surface area contributed by atoms with E-state index in [0.29, 0.717) is 23.5 Å². The second-order valence-corrected chi connectivity index (χ2v) is 4.64. The van der Waals surface area contributed by atoms with Gasteiger partial charge in [0.05, 0.1) is 6.54 Å². The molecule has 100 valence electrons. The minimum atomic E-state index is -0.162. The third-order valence-electron chi connectivity index (χ3n) is 2.96. The highest BCUT2D eigenvalue weighted by Gasteiger charge is 2.11. The highest BCUT2D eigenvalue weighted by atomic mass is 16.5. The number of carbonyl (C=O) groups is 1. The number of hydrogen-bond acceptors (Lipinski definition) is 4. The van der Waals surface area contributed by atoms with E-state index < -0.39 is 0 Å². The molecule has 3 N–H and O–H groups in total. The summed E-state index contributed by atoms with van der Waals surface area (Å²) in [5.41, 5.74) is 9.61. The Labute approximate surface area is 111 Å². The third kappa shape index (κ3) is 2.93. The summed E-state index contributed by atoms with van der Waals surface area (Å²) in [7, 11) is 0. The second-order valence-electron chi connectivity index (χ2n) is 4.64. The molecule has 0 spiro atoms. The molecule has 1 amide bonds. The lowest BCUT2D eigenvalue weighted by atomic mass is 10.0. The van der Waals surface area contributed by atoms with Crippen LogP contribution in [-0.2, 0) is 6.54 Å². The Morgan fingerprint density at radius 1 is 1.26 bits per heavy atom. The largest absolute Gasteiger partial charge is 0.398 e. The fraction of sp³-hybridized carbons (Fsp3) is 0.286. The van der Waals surface area contributed by atoms with Gasteiger partial charge >= 0.3 is 0 Å². The maximum Gasteiger partial charge on any atom is 0.251 e. The first-order valence-corrected chi connectivity index (χ1v) is 6.04. The summed E-state index contributed by atoms with van der Waals surface area (Å²) in [6.45, 7) is 5.95. The molecule has 0 aliphatic rings. The minimum Gasteiger partial charge on any atom is -0.398 e. The SMILES string of the molecule is Cc1cc(CNC(=O)c2cc(N)c(C)cc2C)no1. The molecule has 2 rings (SSSR count). The zero-order valence-electron chi connectivity index (χ0n) is 11.3. The maximum absolute atomic E-state index is 12.1. The number of aromatic nitrogens is 1. The van der Waals surface area contributed by atoms with Crippen molar-refractivity contribution in [2.24, 2.45) is 0 Å². The molecule has 0 saturated carbocycles. The molecule has 1 aromatic heterocycles. The number of aryl methyl sites for hydroxylation is 3. The smallest absolute Gasteiger partial charge is 0.251 e. The summed E-state index contributed by atoms with van der Waals surface area (Å²) in [5.74, 6) is 0.560. The molecule has 5 nitrogen and oxygen atoms in total. The van der Waals surface area contributed by atoms with E-state index in [1.165, 1.54) is 0 Å². The average molecular weight is 259 g/mol. The minimum absolute atomic E-state index is 0.162. The molecular weight excluding hydrogens is 242 g/mol. The van der Waals surface area contributed by atoms with Gasteiger partial charge in [0.25, 0.3) is 5.91 Å². The summed E-state index contributed by atoms with van der Waals surface area (Å²) in [5, 5.41) is 6.62. The Balaban J connectivity index is 2.10. The lowest BCUT2D eigenvalue weighted by Crippen LogP contribution is -2.24. The first kappa shape index (κ1) is 13.1. The van der Waals surface area contributed by atoms with Crippen LogP contribution in [0, 0.1) is 20.8 Å². The van der Waals surface area contributed by atoms with Crippen molar-refractivity contribution in [1.29, 1.82) is 0 Å². The predicted octanol–water partition coefficient (Wildman–Crippen LogP) is 2.11. The van der Waals surface area contributed by atoms with Gasteiger partial charge in [0, 0.05) is 17.3 Å². The Hall–Kier alpha value is -2.30. The topological polar surface area (TPSA) is 81.2 Å². The van der Waals surface area contributed by atoms with Crippen LogP contribution < -0.4 is 11.1 Å². The molecule has 0 aliphatic heterocycles. The zero-order valence-corrected chi connectivity index (χ0v) is 11.3. The Kier molecular flexibility index (Phi) is 3.55. The van der Waals surface area contributed by atoms with Gasteiger partial charge in [0.2, 0.25) is 0 Å². The predicted molar refractivity (Wildman–Crippen MR) is 72.7 cm³/mol. The second kappa shape index (κ2) is 5.14. The number of nitrogens with one attached hydrogen (secondary N) is 1. The lowest BCUT2D eigenvalue weighted by molar-refractivity contribution is 0.0949. The lowest BCUT2D eigenvalue weighted by Gasteiger charge is -2.09. The number of rotatable bonds is 3. The highest BCUT2D eigenvalue weighted by molar-refractivity contribution is 5.96. The number of nitrogen functional groups attached to an aromatic ring is 1. The van der Waals surface area contributed by atoms with Crippen LogP contribution in [0.5, 0.6) is 0 Å². The van der Waals surface area contributed by atoms with Crippen LogP contribution in [0.3, 0.4) is 0 Å². The molecule has 0 aliphatic carbocycles. The normalized spacial score (nSPS) is 10.5. The van der Waals surface area contributed by atoms with Gasteiger partial charge in [0.15, 0.2) is 0 Å². The van der Waals surface area contributed by atoms with Crippen molar-refractivity contribution in [1.82, 2.24) is 10.5 Å². The molecule has 0 fully saturated rings. The van der Waals surface area contributed by atoms with Crippen LogP contribution in [0.2, 0.25) is 0 Å². The monoisotopic (exact) mass is 259 g/mol. The van der Waals surface area contributed by atoms with E-state index >= 15 is 0 Å². The summed E-state index contributed by atoms with van der Waals surface area (Å²) < 4.78 is 4.94. The number of hydrogen-bond donors (Lipinski definition) is 2. The van der Waals surface area contributed by atoms with Crippen molar-refractivity contribution in [2.45, 2.75) is 27.3 Å². The molecular formula is C14H17N3O2. The summed E-state index contributed by atoms with van der Waals surface area (Å²) in [4.78, 5) is 12.1. The van der Waals surface area contributed by atoms with Gasteiger partial charge in [-0.3, -0.25) is 4.79 Å². The van der Waals surface area contributed by atoms with E-state index in [9.17, 15) is 4.79 Å². The van der Waals surface area contributed by atoms with Crippen LogP contribution in [0.4, 0.5) is 5.69 Å². The van der Waals surface area contributed by atoms with E-state index in [1.807, 2.05) is 26.8 Å². The summed E-state index contributed by atoms with van der Waals surface area (Å²) >= 11 is 0. The number of carbonyl (C=O) groups excluding carboxylic acids is 1. The maximum atomic E-state index is 12.1.